The lowest BCUT2D eigenvalue weighted by atomic mass is 10.1. The van der Waals surface area contributed by atoms with E-state index < -0.39 is 6.10 Å². The van der Waals surface area contributed by atoms with Crippen molar-refractivity contribution in [3.8, 4) is 22.9 Å². The summed E-state index contributed by atoms with van der Waals surface area (Å²) in [6.07, 6.45) is 0.440. The predicted octanol–water partition coefficient (Wildman–Crippen LogP) is 4.80. The van der Waals surface area contributed by atoms with E-state index in [0.29, 0.717) is 26.3 Å². The van der Waals surface area contributed by atoms with Crippen LogP contribution in [0.25, 0.3) is 11.3 Å². The van der Waals surface area contributed by atoms with E-state index in [1.807, 2.05) is 50.4 Å². The van der Waals surface area contributed by atoms with Crippen LogP contribution in [-0.4, -0.2) is 52.2 Å². The van der Waals surface area contributed by atoms with E-state index in [2.05, 4.69) is 36.9 Å². The minimum atomic E-state index is -0.542. The number of nitrogens with zero attached hydrogens (tertiary/aromatic N) is 3. The third-order valence-electron chi connectivity index (χ3n) is 5.24. The molecule has 0 unspecified atom stereocenters. The van der Waals surface area contributed by atoms with Crippen LogP contribution in [0.5, 0.6) is 11.6 Å². The zero-order valence-corrected chi connectivity index (χ0v) is 19.6. The molecule has 172 valence electrons. The molecule has 0 bridgehead atoms. The number of rotatable bonds is 12. The number of hydrogen-bond donors (Lipinski definition) is 1. The summed E-state index contributed by atoms with van der Waals surface area (Å²) in [7, 11) is 1.91. The van der Waals surface area contributed by atoms with Crippen molar-refractivity contribution in [3.05, 3.63) is 65.7 Å². The Hall–Kier alpha value is -2.67. The van der Waals surface area contributed by atoms with Crippen LogP contribution in [0.4, 0.5) is 0 Å². The number of aromatic nitrogens is 2. The number of aliphatic hydroxyl groups is 1. The van der Waals surface area contributed by atoms with Gasteiger partial charge in [0.25, 0.3) is 0 Å². The highest BCUT2D eigenvalue weighted by molar-refractivity contribution is 5.65. The minimum absolute atomic E-state index is 0.335. The van der Waals surface area contributed by atoms with E-state index in [1.54, 1.807) is 4.68 Å². The second-order valence-electron chi connectivity index (χ2n) is 8.09. The van der Waals surface area contributed by atoms with Gasteiger partial charge in [-0.05, 0) is 44.5 Å². The van der Waals surface area contributed by atoms with Gasteiger partial charge in [-0.15, -0.1) is 0 Å². The summed E-state index contributed by atoms with van der Waals surface area (Å²) in [6, 6.07) is 18.2. The van der Waals surface area contributed by atoms with Crippen LogP contribution in [0.15, 0.2) is 54.6 Å². The summed E-state index contributed by atoms with van der Waals surface area (Å²) >= 11 is 0. The van der Waals surface area contributed by atoms with Gasteiger partial charge in [0.2, 0.25) is 5.88 Å². The van der Waals surface area contributed by atoms with Crippen LogP contribution in [0.1, 0.15) is 31.4 Å². The summed E-state index contributed by atoms with van der Waals surface area (Å²) in [5, 5.41) is 15.3. The van der Waals surface area contributed by atoms with Gasteiger partial charge < -0.3 is 14.6 Å². The molecule has 2 aromatic carbocycles. The molecule has 1 N–H and O–H groups in total. The molecule has 3 aromatic rings. The second-order valence-corrected chi connectivity index (χ2v) is 8.09. The maximum absolute atomic E-state index is 10.5. The lowest BCUT2D eigenvalue weighted by Crippen LogP contribution is -2.35. The smallest absolute Gasteiger partial charge is 0.222 e. The Morgan fingerprint density at radius 1 is 1.09 bits per heavy atom. The fourth-order valence-electron chi connectivity index (χ4n) is 3.82. The molecule has 1 atom stereocenters. The maximum atomic E-state index is 10.5. The van der Waals surface area contributed by atoms with Crippen molar-refractivity contribution in [2.45, 2.75) is 39.8 Å². The van der Waals surface area contributed by atoms with E-state index in [1.165, 1.54) is 0 Å². The Bertz CT molecular complexity index is 972. The van der Waals surface area contributed by atoms with Gasteiger partial charge in [0, 0.05) is 32.3 Å². The summed E-state index contributed by atoms with van der Waals surface area (Å²) in [5.74, 6) is 1.50. The third kappa shape index (κ3) is 6.42. The topological polar surface area (TPSA) is 59.8 Å². The number of ether oxygens (including phenoxy) is 2. The summed E-state index contributed by atoms with van der Waals surface area (Å²) in [6.45, 7) is 9.07. The molecule has 3 rings (SSSR count). The van der Waals surface area contributed by atoms with Gasteiger partial charge in [-0.2, -0.15) is 5.10 Å². The summed E-state index contributed by atoms with van der Waals surface area (Å²) in [5.41, 5.74) is 4.10. The van der Waals surface area contributed by atoms with Crippen LogP contribution in [0.2, 0.25) is 0 Å². The molecule has 0 aliphatic rings. The first-order valence-corrected chi connectivity index (χ1v) is 11.4. The zero-order valence-electron chi connectivity index (χ0n) is 19.6. The molecule has 1 aromatic heterocycles. The largest absolute Gasteiger partial charge is 0.439 e. The van der Waals surface area contributed by atoms with Crippen molar-refractivity contribution in [1.82, 2.24) is 14.7 Å². The van der Waals surface area contributed by atoms with E-state index >= 15 is 0 Å². The quantitative estimate of drug-likeness (QED) is 0.441. The SMILES string of the molecule is CCCN(Cc1c(-c2ccccc2)nn(C)c1Oc1cccc(C)c1)C[C@@H](O)COCC. The molecule has 0 saturated heterocycles. The van der Waals surface area contributed by atoms with Gasteiger partial charge in [-0.25, -0.2) is 4.68 Å². The number of aliphatic hydroxyl groups excluding tert-OH is 1. The molecule has 0 aliphatic heterocycles. The monoisotopic (exact) mass is 437 g/mol. The van der Waals surface area contributed by atoms with Crippen molar-refractivity contribution in [1.29, 1.82) is 0 Å². The molecule has 0 spiro atoms. The van der Waals surface area contributed by atoms with Gasteiger partial charge in [-0.1, -0.05) is 49.4 Å². The predicted molar refractivity (Wildman–Crippen MR) is 128 cm³/mol. The maximum Gasteiger partial charge on any atom is 0.222 e. The van der Waals surface area contributed by atoms with Crippen LogP contribution in [0.3, 0.4) is 0 Å². The Morgan fingerprint density at radius 2 is 1.88 bits per heavy atom. The molecule has 0 radical (unpaired) electrons. The summed E-state index contributed by atoms with van der Waals surface area (Å²) in [4.78, 5) is 2.25. The van der Waals surface area contributed by atoms with E-state index in [4.69, 9.17) is 14.6 Å². The Kier molecular flexibility index (Phi) is 8.85. The van der Waals surface area contributed by atoms with Gasteiger partial charge in [0.05, 0.1) is 18.3 Å². The first-order valence-electron chi connectivity index (χ1n) is 11.4. The Balaban J connectivity index is 1.96. The van der Waals surface area contributed by atoms with Gasteiger partial charge >= 0.3 is 0 Å². The van der Waals surface area contributed by atoms with E-state index in [-0.39, 0.29) is 0 Å². The van der Waals surface area contributed by atoms with Crippen molar-refractivity contribution in [2.24, 2.45) is 7.05 Å². The highest BCUT2D eigenvalue weighted by Crippen LogP contribution is 2.34. The standard InChI is InChI=1S/C26H35N3O3/c1-5-15-29(17-22(30)19-31-6-2)18-24-25(21-12-8-7-9-13-21)27-28(4)26(24)32-23-14-10-11-20(3)16-23/h7-14,16,22,30H,5-6,15,17-19H2,1-4H3/t22-/m1/s1. The fourth-order valence-corrected chi connectivity index (χ4v) is 3.82. The van der Waals surface area contributed by atoms with Crippen molar-refractivity contribution in [2.75, 3.05) is 26.3 Å². The second kappa shape index (κ2) is 11.8. The molecule has 0 aliphatic carbocycles. The highest BCUT2D eigenvalue weighted by Gasteiger charge is 2.23. The first-order chi connectivity index (χ1) is 15.5. The van der Waals surface area contributed by atoms with Gasteiger partial charge in [0.1, 0.15) is 11.4 Å². The Labute approximate surface area is 191 Å². The van der Waals surface area contributed by atoms with E-state index in [9.17, 15) is 5.11 Å². The summed E-state index contributed by atoms with van der Waals surface area (Å²) < 4.78 is 13.6. The molecule has 0 fully saturated rings. The van der Waals surface area contributed by atoms with E-state index in [0.717, 1.165) is 47.0 Å². The van der Waals surface area contributed by atoms with Crippen molar-refractivity contribution < 1.29 is 14.6 Å². The van der Waals surface area contributed by atoms with Crippen LogP contribution >= 0.6 is 0 Å². The van der Waals surface area contributed by atoms with Gasteiger partial charge in [-0.3, -0.25) is 4.90 Å². The molecule has 6 heteroatoms. The average molecular weight is 438 g/mol. The average Bonchev–Trinajstić information content (AvgIpc) is 3.08. The minimum Gasteiger partial charge on any atom is -0.439 e. The van der Waals surface area contributed by atoms with Crippen LogP contribution < -0.4 is 4.74 Å². The molecule has 32 heavy (non-hydrogen) atoms. The lowest BCUT2D eigenvalue weighted by molar-refractivity contribution is 0.0195. The molecule has 0 amide bonds. The number of aryl methyl sites for hydroxylation is 2. The number of hydrogen-bond acceptors (Lipinski definition) is 5. The van der Waals surface area contributed by atoms with Crippen molar-refractivity contribution in [3.63, 3.8) is 0 Å². The molecule has 0 saturated carbocycles. The first kappa shape index (κ1) is 24.0. The highest BCUT2D eigenvalue weighted by atomic mass is 16.5. The van der Waals surface area contributed by atoms with Gasteiger partial charge in [0.15, 0.2) is 0 Å². The van der Waals surface area contributed by atoms with Crippen molar-refractivity contribution >= 4 is 0 Å². The van der Waals surface area contributed by atoms with Crippen LogP contribution in [-0.2, 0) is 18.3 Å². The molecular weight excluding hydrogens is 402 g/mol. The lowest BCUT2D eigenvalue weighted by Gasteiger charge is -2.25. The normalized spacial score (nSPS) is 12.3. The van der Waals surface area contributed by atoms with Crippen LogP contribution in [0, 0.1) is 6.92 Å². The molecular formula is C26H35N3O3. The molecule has 1 heterocycles. The number of benzene rings is 2. The third-order valence-corrected chi connectivity index (χ3v) is 5.24. The fraction of sp³-hybridized carbons (Fsp3) is 0.423. The molecule has 6 nitrogen and oxygen atoms in total. The zero-order chi connectivity index (χ0) is 22.9. The Morgan fingerprint density at radius 3 is 2.56 bits per heavy atom.